The molecule has 0 aliphatic rings. The number of rotatable bonds is 8. The normalized spacial score (nSPS) is 10.5. The lowest BCUT2D eigenvalue weighted by molar-refractivity contribution is -0.119. The van der Waals surface area contributed by atoms with Gasteiger partial charge in [-0.15, -0.1) is 34.4 Å². The fourth-order valence-electron chi connectivity index (χ4n) is 2.63. The monoisotopic (exact) mass is 495 g/mol. The van der Waals surface area contributed by atoms with Crippen LogP contribution in [0.25, 0.3) is 10.4 Å². The number of nitrogens with one attached hydrogen (secondary N) is 1. The first-order chi connectivity index (χ1) is 14.9. The summed E-state index contributed by atoms with van der Waals surface area (Å²) in [4.78, 5) is 39.0. The van der Waals surface area contributed by atoms with Crippen LogP contribution in [0, 0.1) is 0 Å². The van der Waals surface area contributed by atoms with E-state index in [2.05, 4.69) is 5.32 Å². The van der Waals surface area contributed by atoms with Gasteiger partial charge < -0.3 is 14.8 Å². The van der Waals surface area contributed by atoms with Crippen molar-refractivity contribution in [1.82, 2.24) is 0 Å². The number of ether oxygens (including phenoxy) is 2. The molecule has 0 aliphatic heterocycles. The van der Waals surface area contributed by atoms with E-state index in [4.69, 9.17) is 21.1 Å². The van der Waals surface area contributed by atoms with Crippen LogP contribution in [0.4, 0.5) is 5.00 Å². The molecule has 0 fully saturated rings. The first-order valence-electron chi connectivity index (χ1n) is 9.07. The minimum absolute atomic E-state index is 0.185. The highest BCUT2D eigenvalue weighted by Gasteiger charge is 2.24. The van der Waals surface area contributed by atoms with Gasteiger partial charge in [-0.3, -0.25) is 4.79 Å². The minimum atomic E-state index is -0.702. The fourth-order valence-corrected chi connectivity index (χ4v) is 5.05. The molecule has 0 atom stereocenters. The Hall–Kier alpha value is -2.33. The number of benzene rings is 1. The van der Waals surface area contributed by atoms with Gasteiger partial charge in [-0.05, 0) is 42.8 Å². The predicted molar refractivity (Wildman–Crippen MR) is 126 cm³/mol. The molecule has 1 aromatic carbocycles. The summed E-state index contributed by atoms with van der Waals surface area (Å²) in [5.74, 6) is -1.80. The molecule has 6 nitrogen and oxygen atoms in total. The van der Waals surface area contributed by atoms with Gasteiger partial charge in [-0.1, -0.05) is 17.7 Å². The topological polar surface area (TPSA) is 81.7 Å². The predicted octanol–water partition coefficient (Wildman–Crippen LogP) is 5.82. The summed E-state index contributed by atoms with van der Waals surface area (Å²) in [6, 6.07) is 8.76. The number of carbonyl (C=O) groups excluding carboxylic acids is 3. The van der Waals surface area contributed by atoms with E-state index in [1.54, 1.807) is 30.5 Å². The molecule has 1 N–H and O–H groups in total. The molecule has 0 spiro atoms. The molecule has 3 aromatic rings. The lowest BCUT2D eigenvalue weighted by Gasteiger charge is -2.09. The van der Waals surface area contributed by atoms with Gasteiger partial charge >= 0.3 is 11.9 Å². The molecule has 2 aromatic heterocycles. The highest BCUT2D eigenvalue weighted by atomic mass is 35.5. The zero-order chi connectivity index (χ0) is 22.4. The van der Waals surface area contributed by atoms with Crippen LogP contribution in [-0.4, -0.2) is 37.3 Å². The van der Waals surface area contributed by atoms with Crippen LogP contribution >= 0.6 is 46.0 Å². The Balaban J connectivity index is 1.72. The quantitative estimate of drug-likeness (QED) is 0.313. The Kier molecular flexibility index (Phi) is 8.14. The van der Waals surface area contributed by atoms with Gasteiger partial charge in [0, 0.05) is 20.7 Å². The third kappa shape index (κ3) is 5.68. The number of esters is 2. The smallest absolute Gasteiger partial charge is 0.341 e. The van der Waals surface area contributed by atoms with Gasteiger partial charge in [0.1, 0.15) is 10.6 Å². The van der Waals surface area contributed by atoms with Crippen molar-refractivity contribution < 1.29 is 23.9 Å². The van der Waals surface area contributed by atoms with Gasteiger partial charge in [-0.2, -0.15) is 0 Å². The molecule has 0 saturated carbocycles. The first-order valence-corrected chi connectivity index (χ1v) is 12.4. The van der Waals surface area contributed by atoms with Crippen molar-refractivity contribution in [2.24, 2.45) is 0 Å². The third-order valence-electron chi connectivity index (χ3n) is 4.04. The summed E-state index contributed by atoms with van der Waals surface area (Å²) >= 11 is 10.2. The molecule has 2 heterocycles. The average molecular weight is 496 g/mol. The summed E-state index contributed by atoms with van der Waals surface area (Å²) in [7, 11) is 0. The number of amides is 1. The maximum absolute atomic E-state index is 12.5. The molecule has 0 radical (unpaired) electrons. The largest absolute Gasteiger partial charge is 0.462 e. The standard InChI is InChI=1S/C21H18ClNO5S3/c1-3-27-21(26)18-14(16-5-4-8-30-16)11-31-19(18)23-17(24)10-28-20(25)13-9-12(29-2)6-7-15(13)22/h4-9,11H,3,10H2,1-2H3,(H,23,24). The van der Waals surface area contributed by atoms with Crippen molar-refractivity contribution in [3.05, 3.63) is 57.2 Å². The molecule has 0 aliphatic carbocycles. The fraction of sp³-hybridized carbons (Fsp3) is 0.190. The molecular formula is C21H18ClNO5S3. The Bertz CT molecular complexity index is 1090. The van der Waals surface area contributed by atoms with Crippen LogP contribution < -0.4 is 5.32 Å². The van der Waals surface area contributed by atoms with Crippen molar-refractivity contribution in [3.8, 4) is 10.4 Å². The molecule has 0 unspecified atom stereocenters. The van der Waals surface area contributed by atoms with Crippen molar-refractivity contribution in [3.63, 3.8) is 0 Å². The lowest BCUT2D eigenvalue weighted by Crippen LogP contribution is -2.22. The first kappa shape index (κ1) is 23.3. The maximum atomic E-state index is 12.5. The summed E-state index contributed by atoms with van der Waals surface area (Å²) < 4.78 is 10.3. The highest BCUT2D eigenvalue weighted by molar-refractivity contribution is 7.98. The van der Waals surface area contributed by atoms with Gasteiger partial charge in [0.05, 0.1) is 17.2 Å². The van der Waals surface area contributed by atoms with Crippen molar-refractivity contribution >= 4 is 68.9 Å². The zero-order valence-corrected chi connectivity index (χ0v) is 19.8. The Morgan fingerprint density at radius 1 is 1.13 bits per heavy atom. The number of hydrogen-bond donors (Lipinski definition) is 1. The molecule has 0 bridgehead atoms. The number of carbonyl (C=O) groups is 3. The Morgan fingerprint density at radius 3 is 2.61 bits per heavy atom. The summed E-state index contributed by atoms with van der Waals surface area (Å²) in [6.07, 6.45) is 1.87. The number of thioether (sulfide) groups is 1. The van der Waals surface area contributed by atoms with Crippen LogP contribution in [0.5, 0.6) is 0 Å². The summed E-state index contributed by atoms with van der Waals surface area (Å²) in [5, 5.41) is 6.91. The Labute approximate surface area is 196 Å². The summed E-state index contributed by atoms with van der Waals surface area (Å²) in [5.41, 5.74) is 1.15. The van der Waals surface area contributed by atoms with Gasteiger partial charge in [0.2, 0.25) is 0 Å². The Morgan fingerprint density at radius 2 is 1.94 bits per heavy atom. The second-order valence-corrected chi connectivity index (χ2v) is 9.14. The van der Waals surface area contributed by atoms with Crippen molar-refractivity contribution in [2.75, 3.05) is 24.8 Å². The zero-order valence-electron chi connectivity index (χ0n) is 16.6. The van der Waals surface area contributed by atoms with Crippen LogP contribution in [0.1, 0.15) is 27.6 Å². The molecule has 3 rings (SSSR count). The minimum Gasteiger partial charge on any atom is -0.462 e. The summed E-state index contributed by atoms with van der Waals surface area (Å²) in [6.45, 7) is 1.40. The molecule has 0 saturated heterocycles. The maximum Gasteiger partial charge on any atom is 0.341 e. The van der Waals surface area contributed by atoms with E-state index in [0.29, 0.717) is 10.6 Å². The van der Waals surface area contributed by atoms with Crippen LogP contribution in [-0.2, 0) is 14.3 Å². The van der Waals surface area contributed by atoms with Crippen LogP contribution in [0.2, 0.25) is 5.02 Å². The SMILES string of the molecule is CCOC(=O)c1c(-c2cccs2)csc1NC(=O)COC(=O)c1cc(SC)ccc1Cl. The van der Waals surface area contributed by atoms with E-state index in [-0.39, 0.29) is 22.8 Å². The van der Waals surface area contributed by atoms with Gasteiger partial charge in [-0.25, -0.2) is 9.59 Å². The van der Waals surface area contributed by atoms with E-state index >= 15 is 0 Å². The van der Waals surface area contributed by atoms with Crippen molar-refractivity contribution in [2.45, 2.75) is 11.8 Å². The molecular weight excluding hydrogens is 478 g/mol. The molecule has 1 amide bonds. The molecule has 10 heteroatoms. The average Bonchev–Trinajstić information content (AvgIpc) is 3.42. The number of hydrogen-bond acceptors (Lipinski definition) is 8. The second-order valence-electron chi connectivity index (χ2n) is 6.02. The van der Waals surface area contributed by atoms with E-state index in [1.165, 1.54) is 34.4 Å². The van der Waals surface area contributed by atoms with E-state index in [9.17, 15) is 14.4 Å². The third-order valence-corrected chi connectivity index (χ3v) is 6.89. The lowest BCUT2D eigenvalue weighted by atomic mass is 10.1. The van der Waals surface area contributed by atoms with Gasteiger partial charge in [0.15, 0.2) is 6.61 Å². The van der Waals surface area contributed by atoms with Crippen LogP contribution in [0.15, 0.2) is 46.0 Å². The number of anilines is 1. The van der Waals surface area contributed by atoms with E-state index in [0.717, 1.165) is 9.77 Å². The van der Waals surface area contributed by atoms with Crippen LogP contribution in [0.3, 0.4) is 0 Å². The second kappa shape index (κ2) is 10.8. The number of halogens is 1. The molecule has 162 valence electrons. The number of thiophene rings is 2. The van der Waals surface area contributed by atoms with Gasteiger partial charge in [0.25, 0.3) is 5.91 Å². The highest BCUT2D eigenvalue weighted by Crippen LogP contribution is 2.38. The van der Waals surface area contributed by atoms with E-state index < -0.39 is 24.5 Å². The molecule has 31 heavy (non-hydrogen) atoms. The van der Waals surface area contributed by atoms with Crippen molar-refractivity contribution in [1.29, 1.82) is 0 Å². The van der Waals surface area contributed by atoms with E-state index in [1.807, 2.05) is 23.8 Å².